The number of amides is 1. The molecule has 1 saturated heterocycles. The van der Waals surface area contributed by atoms with E-state index in [-0.39, 0.29) is 11.8 Å². The van der Waals surface area contributed by atoms with Crippen LogP contribution in [0.25, 0.3) is 10.9 Å². The van der Waals surface area contributed by atoms with Crippen LogP contribution in [0.1, 0.15) is 31.5 Å². The molecule has 0 spiro atoms. The summed E-state index contributed by atoms with van der Waals surface area (Å²) in [5, 5.41) is 12.5. The molecule has 2 fully saturated rings. The summed E-state index contributed by atoms with van der Waals surface area (Å²) in [5.74, 6) is 2.33. The van der Waals surface area contributed by atoms with Crippen molar-refractivity contribution in [3.8, 4) is 5.75 Å². The summed E-state index contributed by atoms with van der Waals surface area (Å²) >= 11 is 0. The van der Waals surface area contributed by atoms with E-state index in [9.17, 15) is 4.79 Å². The molecule has 0 radical (unpaired) electrons. The number of fused-ring (bicyclic) bond motifs is 4. The van der Waals surface area contributed by atoms with E-state index in [1.165, 1.54) is 5.56 Å². The molecule has 26 heavy (non-hydrogen) atoms. The minimum atomic E-state index is -0.524. The lowest BCUT2D eigenvalue weighted by molar-refractivity contribution is -0.124. The van der Waals surface area contributed by atoms with Gasteiger partial charge in [-0.25, -0.2) is 0 Å². The SMILES string of the molecule is Cn1nc(C(C)(C)NC(=O)C2[C@H]3CNC[C@@H]23)c2ccc3c(c21)OCCC3. The smallest absolute Gasteiger partial charge is 0.224 e. The number of hydrogen-bond acceptors (Lipinski definition) is 4. The number of ether oxygens (including phenoxy) is 1. The third-order valence-corrected chi connectivity index (χ3v) is 6.30. The zero-order chi connectivity index (χ0) is 18.1. The van der Waals surface area contributed by atoms with Crippen LogP contribution >= 0.6 is 0 Å². The molecule has 1 amide bonds. The van der Waals surface area contributed by atoms with Gasteiger partial charge in [-0.2, -0.15) is 5.10 Å². The summed E-state index contributed by atoms with van der Waals surface area (Å²) < 4.78 is 7.87. The molecule has 1 aromatic heterocycles. The monoisotopic (exact) mass is 354 g/mol. The minimum Gasteiger partial charge on any atom is -0.491 e. The highest BCUT2D eigenvalue weighted by molar-refractivity contribution is 5.90. The molecule has 6 nitrogen and oxygen atoms in total. The van der Waals surface area contributed by atoms with Gasteiger partial charge in [0.2, 0.25) is 5.91 Å². The van der Waals surface area contributed by atoms with E-state index >= 15 is 0 Å². The molecule has 6 heteroatoms. The van der Waals surface area contributed by atoms with Gasteiger partial charge in [0, 0.05) is 18.4 Å². The lowest BCUT2D eigenvalue weighted by atomic mass is 9.95. The van der Waals surface area contributed by atoms with Crippen molar-refractivity contribution in [3.63, 3.8) is 0 Å². The molecule has 1 aromatic carbocycles. The zero-order valence-corrected chi connectivity index (χ0v) is 15.6. The van der Waals surface area contributed by atoms with Gasteiger partial charge in [0.25, 0.3) is 0 Å². The van der Waals surface area contributed by atoms with E-state index < -0.39 is 5.54 Å². The molecule has 5 rings (SSSR count). The number of carbonyl (C=O) groups is 1. The van der Waals surface area contributed by atoms with Crippen LogP contribution in [0.5, 0.6) is 5.75 Å². The molecule has 1 unspecified atom stereocenters. The molecule has 2 aliphatic heterocycles. The lowest BCUT2D eigenvalue weighted by Crippen LogP contribution is -2.43. The molecule has 2 N–H and O–H groups in total. The first kappa shape index (κ1) is 16.1. The van der Waals surface area contributed by atoms with E-state index in [0.29, 0.717) is 11.8 Å². The quantitative estimate of drug-likeness (QED) is 0.881. The predicted octanol–water partition coefficient (Wildman–Crippen LogP) is 1.72. The van der Waals surface area contributed by atoms with Crippen molar-refractivity contribution in [1.29, 1.82) is 0 Å². The van der Waals surface area contributed by atoms with Gasteiger partial charge < -0.3 is 15.4 Å². The first-order valence-corrected chi connectivity index (χ1v) is 9.62. The number of piperidine rings is 1. The third-order valence-electron chi connectivity index (χ3n) is 6.30. The van der Waals surface area contributed by atoms with Crippen molar-refractivity contribution in [2.45, 2.75) is 32.2 Å². The molecule has 2 aromatic rings. The Morgan fingerprint density at radius 2 is 2.12 bits per heavy atom. The summed E-state index contributed by atoms with van der Waals surface area (Å²) in [6, 6.07) is 4.28. The summed E-state index contributed by atoms with van der Waals surface area (Å²) in [4.78, 5) is 12.8. The Kier molecular flexibility index (Phi) is 3.38. The van der Waals surface area contributed by atoms with Crippen LogP contribution in [0.3, 0.4) is 0 Å². The Morgan fingerprint density at radius 3 is 2.88 bits per heavy atom. The van der Waals surface area contributed by atoms with Crippen molar-refractivity contribution >= 4 is 16.8 Å². The fraction of sp³-hybridized carbons (Fsp3) is 0.600. The molecule has 0 bridgehead atoms. The van der Waals surface area contributed by atoms with Crippen LogP contribution in [0.2, 0.25) is 0 Å². The first-order valence-electron chi connectivity index (χ1n) is 9.62. The van der Waals surface area contributed by atoms with Gasteiger partial charge in [-0.05, 0) is 57.2 Å². The number of rotatable bonds is 3. The Hall–Kier alpha value is -2.08. The Morgan fingerprint density at radius 1 is 1.35 bits per heavy atom. The van der Waals surface area contributed by atoms with Crippen LogP contribution in [-0.4, -0.2) is 35.4 Å². The largest absolute Gasteiger partial charge is 0.491 e. The number of nitrogens with one attached hydrogen (secondary N) is 2. The first-order chi connectivity index (χ1) is 12.5. The number of aryl methyl sites for hydroxylation is 2. The molecular weight excluding hydrogens is 328 g/mol. The third kappa shape index (κ3) is 2.28. The normalized spacial score (nSPS) is 27.0. The van der Waals surface area contributed by atoms with E-state index in [1.54, 1.807) is 0 Å². The highest BCUT2D eigenvalue weighted by atomic mass is 16.5. The van der Waals surface area contributed by atoms with Crippen LogP contribution in [0.15, 0.2) is 12.1 Å². The number of aromatic nitrogens is 2. The Bertz CT molecular complexity index is 891. The summed E-state index contributed by atoms with van der Waals surface area (Å²) in [6.45, 7) is 6.79. The van der Waals surface area contributed by atoms with Crippen molar-refractivity contribution < 1.29 is 9.53 Å². The van der Waals surface area contributed by atoms with E-state index in [0.717, 1.165) is 54.9 Å². The zero-order valence-electron chi connectivity index (χ0n) is 15.6. The molecule has 138 valence electrons. The highest BCUT2D eigenvalue weighted by Gasteiger charge is 2.57. The predicted molar refractivity (Wildman–Crippen MR) is 99.0 cm³/mol. The molecule has 3 heterocycles. The second-order valence-corrected chi connectivity index (χ2v) is 8.50. The Labute approximate surface area is 153 Å². The van der Waals surface area contributed by atoms with E-state index in [1.807, 2.05) is 25.6 Å². The van der Waals surface area contributed by atoms with E-state index in [4.69, 9.17) is 9.84 Å². The van der Waals surface area contributed by atoms with Crippen LogP contribution in [0.4, 0.5) is 0 Å². The average Bonchev–Trinajstić information content (AvgIpc) is 2.94. The second-order valence-electron chi connectivity index (χ2n) is 8.50. The van der Waals surface area contributed by atoms with Gasteiger partial charge in [-0.3, -0.25) is 9.48 Å². The molecule has 1 aliphatic carbocycles. The van der Waals surface area contributed by atoms with Crippen molar-refractivity contribution in [1.82, 2.24) is 20.4 Å². The topological polar surface area (TPSA) is 68.2 Å². The number of benzene rings is 1. The molecule has 1 saturated carbocycles. The number of nitrogens with zero attached hydrogens (tertiary/aromatic N) is 2. The summed E-state index contributed by atoms with van der Waals surface area (Å²) in [6.07, 6.45) is 2.10. The fourth-order valence-corrected chi connectivity index (χ4v) is 4.89. The van der Waals surface area contributed by atoms with Crippen LogP contribution in [0, 0.1) is 17.8 Å². The maximum atomic E-state index is 12.8. The maximum Gasteiger partial charge on any atom is 0.224 e. The fourth-order valence-electron chi connectivity index (χ4n) is 4.89. The van der Waals surface area contributed by atoms with Crippen LogP contribution in [-0.2, 0) is 23.8 Å². The van der Waals surface area contributed by atoms with E-state index in [2.05, 4.69) is 22.8 Å². The Balaban J connectivity index is 1.48. The van der Waals surface area contributed by atoms with Crippen molar-refractivity contribution in [2.24, 2.45) is 24.8 Å². The van der Waals surface area contributed by atoms with Gasteiger partial charge >= 0.3 is 0 Å². The lowest BCUT2D eigenvalue weighted by Gasteiger charge is -2.25. The van der Waals surface area contributed by atoms with Gasteiger partial charge in [-0.1, -0.05) is 12.1 Å². The average molecular weight is 354 g/mol. The van der Waals surface area contributed by atoms with Crippen molar-refractivity contribution in [2.75, 3.05) is 19.7 Å². The maximum absolute atomic E-state index is 12.8. The van der Waals surface area contributed by atoms with Crippen molar-refractivity contribution in [3.05, 3.63) is 23.4 Å². The molecule has 3 aliphatic rings. The summed E-state index contributed by atoms with van der Waals surface area (Å²) in [7, 11) is 1.96. The summed E-state index contributed by atoms with van der Waals surface area (Å²) in [5.41, 5.74) is 2.67. The number of hydrogen-bond donors (Lipinski definition) is 2. The van der Waals surface area contributed by atoms with Crippen LogP contribution < -0.4 is 15.4 Å². The molecule has 3 atom stereocenters. The van der Waals surface area contributed by atoms with Gasteiger partial charge in [0.05, 0.1) is 17.8 Å². The highest BCUT2D eigenvalue weighted by Crippen LogP contribution is 2.49. The standard InChI is InChI=1S/C20H26N4O2/c1-20(2,22-19(25)15-13-9-21-10-14(13)15)18-12-7-6-11-5-4-8-26-17(11)16(12)24(3)23-18/h6-7,13-15,21H,4-5,8-10H2,1-3H3,(H,22,25)/t13-,14+,15?. The number of carbonyl (C=O) groups excluding carboxylic acids is 1. The van der Waals surface area contributed by atoms with Gasteiger partial charge in [0.15, 0.2) is 0 Å². The molecular formula is C20H26N4O2. The minimum absolute atomic E-state index is 0.166. The van der Waals surface area contributed by atoms with Gasteiger partial charge in [0.1, 0.15) is 11.3 Å². The van der Waals surface area contributed by atoms with Gasteiger partial charge in [-0.15, -0.1) is 0 Å². The second kappa shape index (κ2) is 5.46.